The molecule has 0 bridgehead atoms. The van der Waals surface area contributed by atoms with Crippen LogP contribution in [0.3, 0.4) is 0 Å². The minimum Gasteiger partial charge on any atom is -0.490 e. The molecule has 0 unspecified atom stereocenters. The third-order valence-corrected chi connectivity index (χ3v) is 2.10. The highest BCUT2D eigenvalue weighted by Gasteiger charge is 2.06. The highest BCUT2D eigenvalue weighted by Crippen LogP contribution is 2.22. The Balaban J connectivity index is 2.66. The second-order valence-electron chi connectivity index (χ2n) is 3.42. The van der Waals surface area contributed by atoms with Crippen LogP contribution in [0.2, 0.25) is 0 Å². The first-order valence-corrected chi connectivity index (χ1v) is 4.72. The molecular weight excluding hydrogens is 178 g/mol. The van der Waals surface area contributed by atoms with Crippen LogP contribution >= 0.6 is 0 Å². The molecule has 3 heteroatoms. The molecular formula is C11H17NO2. The standard InChI is InChI=1S/C11H17NO2/c1-8-4-3-5-9(2)11(8)14-7-10(13)6-12/h3-5,10,13H,6-7,12H2,1-2H3/t10-/m1/s1. The van der Waals surface area contributed by atoms with Crippen LogP contribution in [0.15, 0.2) is 18.2 Å². The van der Waals surface area contributed by atoms with Crippen molar-refractivity contribution < 1.29 is 9.84 Å². The van der Waals surface area contributed by atoms with Crippen molar-refractivity contribution in [2.45, 2.75) is 20.0 Å². The molecule has 0 spiro atoms. The van der Waals surface area contributed by atoms with Gasteiger partial charge < -0.3 is 15.6 Å². The van der Waals surface area contributed by atoms with Gasteiger partial charge in [-0.15, -0.1) is 0 Å². The fraction of sp³-hybridized carbons (Fsp3) is 0.455. The van der Waals surface area contributed by atoms with E-state index >= 15 is 0 Å². The van der Waals surface area contributed by atoms with Gasteiger partial charge in [0.25, 0.3) is 0 Å². The molecule has 0 radical (unpaired) electrons. The summed E-state index contributed by atoms with van der Waals surface area (Å²) in [5, 5.41) is 9.25. The second kappa shape index (κ2) is 4.98. The molecule has 1 atom stereocenters. The van der Waals surface area contributed by atoms with Crippen molar-refractivity contribution in [3.63, 3.8) is 0 Å². The van der Waals surface area contributed by atoms with Crippen molar-refractivity contribution in [1.29, 1.82) is 0 Å². The fourth-order valence-corrected chi connectivity index (χ4v) is 1.27. The van der Waals surface area contributed by atoms with E-state index in [4.69, 9.17) is 10.5 Å². The highest BCUT2D eigenvalue weighted by molar-refractivity contribution is 5.39. The first-order chi connectivity index (χ1) is 6.65. The van der Waals surface area contributed by atoms with E-state index in [2.05, 4.69) is 0 Å². The second-order valence-corrected chi connectivity index (χ2v) is 3.42. The summed E-state index contributed by atoms with van der Waals surface area (Å²) < 4.78 is 5.49. The fourth-order valence-electron chi connectivity index (χ4n) is 1.27. The van der Waals surface area contributed by atoms with Gasteiger partial charge in [0.15, 0.2) is 0 Å². The molecule has 1 aromatic rings. The molecule has 0 aromatic heterocycles. The Morgan fingerprint density at radius 1 is 1.36 bits per heavy atom. The quantitative estimate of drug-likeness (QED) is 0.753. The maximum absolute atomic E-state index is 9.25. The Bertz CT molecular complexity index is 279. The number of benzene rings is 1. The van der Waals surface area contributed by atoms with Crippen molar-refractivity contribution in [3.05, 3.63) is 29.3 Å². The first kappa shape index (κ1) is 11.0. The number of rotatable bonds is 4. The molecule has 0 amide bonds. The first-order valence-electron chi connectivity index (χ1n) is 4.72. The van der Waals surface area contributed by atoms with Gasteiger partial charge in [0.05, 0.1) is 0 Å². The number of aliphatic hydroxyl groups is 1. The predicted molar refractivity (Wildman–Crippen MR) is 56.5 cm³/mol. The van der Waals surface area contributed by atoms with E-state index in [0.29, 0.717) is 0 Å². The molecule has 0 aliphatic carbocycles. The van der Waals surface area contributed by atoms with Gasteiger partial charge in [0, 0.05) is 6.54 Å². The lowest BCUT2D eigenvalue weighted by Gasteiger charge is -2.14. The van der Waals surface area contributed by atoms with Crippen LogP contribution in [-0.2, 0) is 0 Å². The Labute approximate surface area is 84.5 Å². The lowest BCUT2D eigenvalue weighted by molar-refractivity contribution is 0.113. The lowest BCUT2D eigenvalue weighted by Crippen LogP contribution is -2.26. The maximum atomic E-state index is 9.25. The van der Waals surface area contributed by atoms with Crippen LogP contribution in [-0.4, -0.2) is 24.4 Å². The number of ether oxygens (including phenoxy) is 1. The zero-order valence-corrected chi connectivity index (χ0v) is 8.66. The van der Waals surface area contributed by atoms with E-state index in [1.165, 1.54) is 0 Å². The summed E-state index contributed by atoms with van der Waals surface area (Å²) in [7, 11) is 0. The van der Waals surface area contributed by atoms with E-state index in [-0.39, 0.29) is 13.2 Å². The SMILES string of the molecule is Cc1cccc(C)c1OC[C@H](O)CN. The molecule has 0 aliphatic rings. The van der Waals surface area contributed by atoms with E-state index in [1.807, 2.05) is 32.0 Å². The molecule has 0 heterocycles. The normalized spacial score (nSPS) is 12.6. The Kier molecular flexibility index (Phi) is 3.92. The van der Waals surface area contributed by atoms with Gasteiger partial charge in [-0.2, -0.15) is 0 Å². The molecule has 3 N–H and O–H groups in total. The van der Waals surface area contributed by atoms with Crippen LogP contribution in [0.5, 0.6) is 5.75 Å². The summed E-state index contributed by atoms with van der Waals surface area (Å²) in [6.07, 6.45) is -0.589. The number of aryl methyl sites for hydroxylation is 2. The van der Waals surface area contributed by atoms with Crippen LogP contribution < -0.4 is 10.5 Å². The van der Waals surface area contributed by atoms with E-state index in [0.717, 1.165) is 16.9 Å². The molecule has 0 aliphatic heterocycles. The van der Waals surface area contributed by atoms with Crippen molar-refractivity contribution in [2.75, 3.05) is 13.2 Å². The van der Waals surface area contributed by atoms with Crippen molar-refractivity contribution in [1.82, 2.24) is 0 Å². The summed E-state index contributed by atoms with van der Waals surface area (Å²) in [4.78, 5) is 0. The maximum Gasteiger partial charge on any atom is 0.125 e. The van der Waals surface area contributed by atoms with Gasteiger partial charge in [0.1, 0.15) is 18.5 Å². The molecule has 0 saturated heterocycles. The Morgan fingerprint density at radius 2 is 1.93 bits per heavy atom. The number of para-hydroxylation sites is 1. The van der Waals surface area contributed by atoms with E-state index < -0.39 is 6.10 Å². The molecule has 14 heavy (non-hydrogen) atoms. The van der Waals surface area contributed by atoms with Gasteiger partial charge >= 0.3 is 0 Å². The highest BCUT2D eigenvalue weighted by atomic mass is 16.5. The van der Waals surface area contributed by atoms with Crippen LogP contribution in [0.1, 0.15) is 11.1 Å². The minimum absolute atomic E-state index is 0.227. The van der Waals surface area contributed by atoms with Gasteiger partial charge in [-0.25, -0.2) is 0 Å². The number of aliphatic hydroxyl groups excluding tert-OH is 1. The zero-order valence-electron chi connectivity index (χ0n) is 8.66. The van der Waals surface area contributed by atoms with Crippen LogP contribution in [0.4, 0.5) is 0 Å². The van der Waals surface area contributed by atoms with Crippen molar-refractivity contribution in [3.8, 4) is 5.75 Å². The van der Waals surface area contributed by atoms with Crippen LogP contribution in [0.25, 0.3) is 0 Å². The number of hydrogen-bond acceptors (Lipinski definition) is 3. The van der Waals surface area contributed by atoms with E-state index in [1.54, 1.807) is 0 Å². The average Bonchev–Trinajstić information content (AvgIpc) is 2.16. The summed E-state index contributed by atoms with van der Waals surface area (Å²) in [5.74, 6) is 0.847. The van der Waals surface area contributed by atoms with Gasteiger partial charge in [0.2, 0.25) is 0 Å². The van der Waals surface area contributed by atoms with Gasteiger partial charge in [-0.05, 0) is 25.0 Å². The monoisotopic (exact) mass is 195 g/mol. The van der Waals surface area contributed by atoms with Crippen LogP contribution in [0, 0.1) is 13.8 Å². The van der Waals surface area contributed by atoms with Crippen molar-refractivity contribution in [2.24, 2.45) is 5.73 Å². The third kappa shape index (κ3) is 2.72. The summed E-state index contributed by atoms with van der Waals surface area (Å²) in [5.41, 5.74) is 7.44. The number of nitrogens with two attached hydrogens (primary N) is 1. The number of hydrogen-bond donors (Lipinski definition) is 2. The summed E-state index contributed by atoms with van der Waals surface area (Å²) in [6, 6.07) is 5.95. The van der Waals surface area contributed by atoms with E-state index in [9.17, 15) is 5.11 Å². The molecule has 78 valence electrons. The smallest absolute Gasteiger partial charge is 0.125 e. The molecule has 1 aromatic carbocycles. The zero-order chi connectivity index (χ0) is 10.6. The largest absolute Gasteiger partial charge is 0.490 e. The summed E-state index contributed by atoms with van der Waals surface area (Å²) in [6.45, 7) is 4.45. The molecule has 3 nitrogen and oxygen atoms in total. The molecule has 0 saturated carbocycles. The predicted octanol–water partition coefficient (Wildman–Crippen LogP) is 1.00. The third-order valence-electron chi connectivity index (χ3n) is 2.10. The summed E-state index contributed by atoms with van der Waals surface area (Å²) >= 11 is 0. The molecule has 1 rings (SSSR count). The average molecular weight is 195 g/mol. The van der Waals surface area contributed by atoms with Gasteiger partial charge in [-0.3, -0.25) is 0 Å². The Hall–Kier alpha value is -1.06. The topological polar surface area (TPSA) is 55.5 Å². The Morgan fingerprint density at radius 3 is 2.43 bits per heavy atom. The molecule has 0 fully saturated rings. The lowest BCUT2D eigenvalue weighted by atomic mass is 10.1. The van der Waals surface area contributed by atoms with Gasteiger partial charge in [-0.1, -0.05) is 18.2 Å². The van der Waals surface area contributed by atoms with Crippen molar-refractivity contribution >= 4 is 0 Å². The minimum atomic E-state index is -0.589.